The van der Waals surface area contributed by atoms with Gasteiger partial charge in [-0.05, 0) is 25.0 Å². The summed E-state index contributed by atoms with van der Waals surface area (Å²) in [5.74, 6) is -0.183. The second kappa shape index (κ2) is 6.74. The maximum Gasteiger partial charge on any atom is 0.306 e. The van der Waals surface area contributed by atoms with E-state index in [0.717, 1.165) is 0 Å². The van der Waals surface area contributed by atoms with Gasteiger partial charge in [-0.15, -0.1) is 0 Å². The Morgan fingerprint density at radius 1 is 1.29 bits per heavy atom. The molecule has 2 aromatic rings. The average molecular weight is 329 g/mol. The maximum atomic E-state index is 12.8. The number of hydrogen-bond acceptors (Lipinski definition) is 5. The van der Waals surface area contributed by atoms with E-state index < -0.39 is 5.97 Å². The van der Waals surface area contributed by atoms with Gasteiger partial charge in [-0.1, -0.05) is 12.1 Å². The quantitative estimate of drug-likeness (QED) is 0.916. The van der Waals surface area contributed by atoms with E-state index in [1.54, 1.807) is 31.6 Å². The number of ether oxygens (including phenoxy) is 1. The Morgan fingerprint density at radius 3 is 2.67 bits per heavy atom. The third kappa shape index (κ3) is 2.97. The van der Waals surface area contributed by atoms with Crippen LogP contribution in [0, 0.1) is 5.92 Å². The zero-order chi connectivity index (χ0) is 17.1. The molecule has 0 unspecified atom stereocenters. The molecule has 0 spiro atoms. The fourth-order valence-corrected chi connectivity index (χ4v) is 2.97. The molecule has 0 atom stereocenters. The summed E-state index contributed by atoms with van der Waals surface area (Å²) in [6, 6.07) is 7.27. The number of para-hydroxylation sites is 2. The third-order valence-corrected chi connectivity index (χ3v) is 4.31. The van der Waals surface area contributed by atoms with Gasteiger partial charge in [0.2, 0.25) is 0 Å². The van der Waals surface area contributed by atoms with Gasteiger partial charge < -0.3 is 14.7 Å². The summed E-state index contributed by atoms with van der Waals surface area (Å²) in [4.78, 5) is 30.0. The first-order valence-corrected chi connectivity index (χ1v) is 7.80. The molecule has 0 bridgehead atoms. The summed E-state index contributed by atoms with van der Waals surface area (Å²) in [5.41, 5.74) is 0.407. The summed E-state index contributed by atoms with van der Waals surface area (Å²) in [7, 11) is 1.56. The summed E-state index contributed by atoms with van der Waals surface area (Å²) in [6.45, 7) is 1.02. The first-order valence-electron chi connectivity index (χ1n) is 7.80. The number of piperidine rings is 1. The number of carboxylic acids is 1. The van der Waals surface area contributed by atoms with E-state index in [-0.39, 0.29) is 11.5 Å². The number of aliphatic carboxylic acids is 1. The van der Waals surface area contributed by atoms with Crippen molar-refractivity contribution in [2.45, 2.75) is 12.8 Å². The van der Waals surface area contributed by atoms with Gasteiger partial charge in [0.15, 0.2) is 5.82 Å². The van der Waals surface area contributed by atoms with Crippen molar-refractivity contribution in [1.82, 2.24) is 9.55 Å². The van der Waals surface area contributed by atoms with E-state index >= 15 is 0 Å². The first kappa shape index (κ1) is 16.0. The van der Waals surface area contributed by atoms with E-state index in [0.29, 0.717) is 43.2 Å². The highest BCUT2D eigenvalue weighted by atomic mass is 16.5. The Kier molecular flexibility index (Phi) is 4.50. The van der Waals surface area contributed by atoms with Crippen LogP contribution in [-0.2, 0) is 4.79 Å². The molecule has 126 valence electrons. The maximum absolute atomic E-state index is 12.8. The van der Waals surface area contributed by atoms with E-state index in [4.69, 9.17) is 9.84 Å². The van der Waals surface area contributed by atoms with Crippen molar-refractivity contribution in [2.75, 3.05) is 25.1 Å². The van der Waals surface area contributed by atoms with Crippen molar-refractivity contribution in [3.8, 4) is 11.4 Å². The van der Waals surface area contributed by atoms with Gasteiger partial charge in [0.25, 0.3) is 5.56 Å². The molecule has 7 nitrogen and oxygen atoms in total. The Bertz CT molecular complexity index is 794. The van der Waals surface area contributed by atoms with Gasteiger partial charge in [0.05, 0.1) is 18.7 Å². The van der Waals surface area contributed by atoms with E-state index in [9.17, 15) is 9.59 Å². The van der Waals surface area contributed by atoms with Gasteiger partial charge in [0.1, 0.15) is 5.75 Å². The molecule has 0 aliphatic carbocycles. The lowest BCUT2D eigenvalue weighted by molar-refractivity contribution is -0.142. The topological polar surface area (TPSA) is 84.7 Å². The number of hydrogen-bond donors (Lipinski definition) is 1. The van der Waals surface area contributed by atoms with Crippen LogP contribution in [0.3, 0.4) is 0 Å². The SMILES string of the molecule is COc1ccccc1-n1ccnc(N2CCC(C(=O)O)CC2)c1=O. The van der Waals surface area contributed by atoms with Crippen LogP contribution in [0.25, 0.3) is 5.69 Å². The zero-order valence-corrected chi connectivity index (χ0v) is 13.4. The predicted octanol–water partition coefficient (Wildman–Crippen LogP) is 1.54. The molecule has 0 radical (unpaired) electrons. The normalized spacial score (nSPS) is 15.3. The molecule has 24 heavy (non-hydrogen) atoms. The molecular weight excluding hydrogens is 310 g/mol. The van der Waals surface area contributed by atoms with Gasteiger partial charge in [-0.25, -0.2) is 4.98 Å². The van der Waals surface area contributed by atoms with Crippen LogP contribution in [0.5, 0.6) is 5.75 Å². The Balaban J connectivity index is 1.93. The van der Waals surface area contributed by atoms with E-state index in [1.807, 2.05) is 17.0 Å². The fourth-order valence-electron chi connectivity index (χ4n) is 2.97. The van der Waals surface area contributed by atoms with Crippen LogP contribution in [-0.4, -0.2) is 40.8 Å². The summed E-state index contributed by atoms with van der Waals surface area (Å²) in [5, 5.41) is 9.09. The fraction of sp³-hybridized carbons (Fsp3) is 0.353. The average Bonchev–Trinajstić information content (AvgIpc) is 2.62. The molecule has 1 aliphatic rings. The summed E-state index contributed by atoms with van der Waals surface area (Å²) < 4.78 is 6.83. The molecule has 1 N–H and O–H groups in total. The highest BCUT2D eigenvalue weighted by Gasteiger charge is 2.26. The van der Waals surface area contributed by atoms with Gasteiger partial charge in [-0.2, -0.15) is 0 Å². The van der Waals surface area contributed by atoms with Crippen LogP contribution in [0.2, 0.25) is 0 Å². The van der Waals surface area contributed by atoms with Crippen molar-refractivity contribution in [2.24, 2.45) is 5.92 Å². The molecule has 1 aromatic carbocycles. The Labute approximate surface area is 139 Å². The van der Waals surface area contributed by atoms with Crippen molar-refractivity contribution in [3.05, 3.63) is 47.0 Å². The van der Waals surface area contributed by atoms with Crippen LogP contribution < -0.4 is 15.2 Å². The number of carbonyl (C=O) groups is 1. The van der Waals surface area contributed by atoms with Crippen LogP contribution in [0.4, 0.5) is 5.82 Å². The molecule has 7 heteroatoms. The second-order valence-electron chi connectivity index (χ2n) is 5.70. The third-order valence-electron chi connectivity index (χ3n) is 4.31. The number of nitrogens with zero attached hydrogens (tertiary/aromatic N) is 3. The molecular formula is C17H19N3O4. The second-order valence-corrected chi connectivity index (χ2v) is 5.70. The minimum absolute atomic E-state index is 0.240. The van der Waals surface area contributed by atoms with Crippen molar-refractivity contribution >= 4 is 11.8 Å². The van der Waals surface area contributed by atoms with Gasteiger partial charge in [0, 0.05) is 25.5 Å². The van der Waals surface area contributed by atoms with Crippen LogP contribution in [0.15, 0.2) is 41.5 Å². The number of methoxy groups -OCH3 is 1. The lowest BCUT2D eigenvalue weighted by atomic mass is 9.97. The Morgan fingerprint density at radius 2 is 2.00 bits per heavy atom. The van der Waals surface area contributed by atoms with E-state index in [2.05, 4.69) is 4.98 Å². The number of anilines is 1. The lowest BCUT2D eigenvalue weighted by Crippen LogP contribution is -2.40. The largest absolute Gasteiger partial charge is 0.495 e. The first-order chi connectivity index (χ1) is 11.6. The molecule has 1 fully saturated rings. The number of rotatable bonds is 4. The molecule has 2 heterocycles. The Hall–Kier alpha value is -2.83. The van der Waals surface area contributed by atoms with Crippen molar-refractivity contribution < 1.29 is 14.6 Å². The monoisotopic (exact) mass is 329 g/mol. The number of benzene rings is 1. The van der Waals surface area contributed by atoms with E-state index in [1.165, 1.54) is 4.57 Å². The number of carboxylic acid groups (broad SMARTS) is 1. The standard InChI is InChI=1S/C17H19N3O4/c1-24-14-5-3-2-4-13(14)20-11-8-18-15(16(20)21)19-9-6-12(7-10-19)17(22)23/h2-5,8,11-12H,6-7,9-10H2,1H3,(H,22,23). The molecule has 0 amide bonds. The van der Waals surface area contributed by atoms with Gasteiger partial charge >= 0.3 is 5.97 Å². The smallest absolute Gasteiger partial charge is 0.306 e. The summed E-state index contributed by atoms with van der Waals surface area (Å²) >= 11 is 0. The van der Waals surface area contributed by atoms with Crippen LogP contribution >= 0.6 is 0 Å². The molecule has 3 rings (SSSR count). The predicted molar refractivity (Wildman–Crippen MR) is 89.0 cm³/mol. The van der Waals surface area contributed by atoms with Crippen LogP contribution in [0.1, 0.15) is 12.8 Å². The van der Waals surface area contributed by atoms with Crippen molar-refractivity contribution in [1.29, 1.82) is 0 Å². The zero-order valence-electron chi connectivity index (χ0n) is 13.4. The van der Waals surface area contributed by atoms with Gasteiger partial charge in [-0.3, -0.25) is 14.2 Å². The molecule has 0 saturated carbocycles. The highest BCUT2D eigenvalue weighted by Crippen LogP contribution is 2.23. The number of aromatic nitrogens is 2. The minimum Gasteiger partial charge on any atom is -0.495 e. The summed E-state index contributed by atoms with van der Waals surface area (Å²) in [6.07, 6.45) is 4.21. The minimum atomic E-state index is -0.776. The molecule has 1 aliphatic heterocycles. The molecule has 1 aromatic heterocycles. The highest BCUT2D eigenvalue weighted by molar-refractivity contribution is 5.70. The lowest BCUT2D eigenvalue weighted by Gasteiger charge is -2.30. The van der Waals surface area contributed by atoms with Crippen molar-refractivity contribution in [3.63, 3.8) is 0 Å². The molecule has 1 saturated heterocycles.